The monoisotopic (exact) mass is 349 g/mol. The van der Waals surface area contributed by atoms with E-state index in [2.05, 4.69) is 27.6 Å². The van der Waals surface area contributed by atoms with Crippen molar-refractivity contribution in [2.24, 2.45) is 5.10 Å². The molecule has 0 radical (unpaired) electrons. The van der Waals surface area contributed by atoms with Crippen LogP contribution >= 0.6 is 23.2 Å². The first-order valence-electron chi connectivity index (χ1n) is 7.39. The number of nitrogens with one attached hydrogen (secondary N) is 1. The number of anilines is 2. The van der Waals surface area contributed by atoms with Crippen molar-refractivity contribution in [3.05, 3.63) is 58.1 Å². The quantitative estimate of drug-likeness (QED) is 0.661. The average Bonchev–Trinajstić information content (AvgIpc) is 2.59. The molecule has 120 valence electrons. The minimum Gasteiger partial charge on any atom is -0.378 e. The van der Waals surface area contributed by atoms with Crippen LogP contribution in [0.4, 0.5) is 11.4 Å². The second-order valence-corrected chi connectivity index (χ2v) is 6.00. The molecule has 1 saturated heterocycles. The van der Waals surface area contributed by atoms with Crippen LogP contribution in [-0.2, 0) is 4.74 Å². The molecule has 1 aliphatic heterocycles. The molecule has 0 spiro atoms. The molecule has 1 fully saturated rings. The van der Waals surface area contributed by atoms with Crippen molar-refractivity contribution >= 4 is 40.8 Å². The third kappa shape index (κ3) is 4.38. The van der Waals surface area contributed by atoms with Crippen LogP contribution in [0.25, 0.3) is 0 Å². The topological polar surface area (TPSA) is 36.9 Å². The van der Waals surface area contributed by atoms with Crippen molar-refractivity contribution in [1.29, 1.82) is 0 Å². The molecule has 0 amide bonds. The van der Waals surface area contributed by atoms with Gasteiger partial charge in [0, 0.05) is 18.8 Å². The van der Waals surface area contributed by atoms with Crippen molar-refractivity contribution in [3.63, 3.8) is 0 Å². The summed E-state index contributed by atoms with van der Waals surface area (Å²) in [7, 11) is 0. The Morgan fingerprint density at radius 3 is 2.43 bits per heavy atom. The maximum Gasteiger partial charge on any atom is 0.0642 e. The molecular weight excluding hydrogens is 333 g/mol. The Labute approximate surface area is 145 Å². The Hall–Kier alpha value is -1.75. The van der Waals surface area contributed by atoms with E-state index in [0.717, 1.165) is 37.6 Å². The molecule has 0 bridgehead atoms. The Morgan fingerprint density at radius 2 is 1.74 bits per heavy atom. The van der Waals surface area contributed by atoms with E-state index in [0.29, 0.717) is 10.0 Å². The highest BCUT2D eigenvalue weighted by Gasteiger charge is 2.10. The molecule has 4 nitrogen and oxygen atoms in total. The van der Waals surface area contributed by atoms with Gasteiger partial charge in [-0.05, 0) is 35.9 Å². The number of nitrogens with zero attached hydrogens (tertiary/aromatic N) is 2. The van der Waals surface area contributed by atoms with Crippen molar-refractivity contribution in [1.82, 2.24) is 0 Å². The number of benzene rings is 2. The molecule has 1 heterocycles. The van der Waals surface area contributed by atoms with E-state index < -0.39 is 0 Å². The summed E-state index contributed by atoms with van der Waals surface area (Å²) < 4.78 is 5.37. The Bertz CT molecular complexity index is 683. The van der Waals surface area contributed by atoms with Gasteiger partial charge < -0.3 is 9.64 Å². The first-order valence-corrected chi connectivity index (χ1v) is 8.15. The van der Waals surface area contributed by atoms with Gasteiger partial charge in [0.25, 0.3) is 0 Å². The second-order valence-electron chi connectivity index (χ2n) is 5.19. The summed E-state index contributed by atoms with van der Waals surface area (Å²) in [4.78, 5) is 2.32. The van der Waals surface area contributed by atoms with Gasteiger partial charge in [0.15, 0.2) is 0 Å². The second kappa shape index (κ2) is 7.68. The lowest BCUT2D eigenvalue weighted by Crippen LogP contribution is -2.36. The predicted octanol–water partition coefficient (Wildman–Crippen LogP) is 4.28. The highest BCUT2D eigenvalue weighted by molar-refractivity contribution is 6.42. The van der Waals surface area contributed by atoms with Crippen LogP contribution in [0.5, 0.6) is 0 Å². The fourth-order valence-corrected chi connectivity index (χ4v) is 2.64. The van der Waals surface area contributed by atoms with Gasteiger partial charge in [-0.25, -0.2) is 0 Å². The van der Waals surface area contributed by atoms with Crippen LogP contribution < -0.4 is 10.3 Å². The molecule has 3 rings (SSSR count). The Kier molecular flexibility index (Phi) is 5.39. The molecule has 0 aromatic heterocycles. The van der Waals surface area contributed by atoms with Gasteiger partial charge in [0.1, 0.15) is 0 Å². The van der Waals surface area contributed by atoms with E-state index in [1.165, 1.54) is 5.69 Å². The number of hydrogen-bond donors (Lipinski definition) is 1. The summed E-state index contributed by atoms with van der Waals surface area (Å²) >= 11 is 11.8. The minimum absolute atomic E-state index is 0.502. The molecule has 0 saturated carbocycles. The third-order valence-corrected chi connectivity index (χ3v) is 4.34. The summed E-state index contributed by atoms with van der Waals surface area (Å²) in [5.41, 5.74) is 5.96. The van der Waals surface area contributed by atoms with E-state index in [1.807, 2.05) is 18.2 Å². The first kappa shape index (κ1) is 16.1. The van der Waals surface area contributed by atoms with Crippen molar-refractivity contribution < 1.29 is 4.74 Å². The summed E-state index contributed by atoms with van der Waals surface area (Å²) in [6.45, 7) is 3.45. The zero-order chi connectivity index (χ0) is 16.1. The highest BCUT2D eigenvalue weighted by atomic mass is 35.5. The normalized spacial score (nSPS) is 15.1. The number of hydrogen-bond acceptors (Lipinski definition) is 4. The lowest BCUT2D eigenvalue weighted by molar-refractivity contribution is 0.122. The van der Waals surface area contributed by atoms with E-state index in [9.17, 15) is 0 Å². The van der Waals surface area contributed by atoms with Crippen molar-refractivity contribution in [3.8, 4) is 0 Å². The summed E-state index contributed by atoms with van der Waals surface area (Å²) in [6.07, 6.45) is 1.77. The number of hydrazone groups is 1. The lowest BCUT2D eigenvalue weighted by Gasteiger charge is -2.28. The van der Waals surface area contributed by atoms with Crippen LogP contribution in [0.2, 0.25) is 10.0 Å². The highest BCUT2D eigenvalue weighted by Crippen LogP contribution is 2.25. The molecule has 2 aromatic carbocycles. The molecular formula is C17H17Cl2N3O. The van der Waals surface area contributed by atoms with Crippen LogP contribution in [0.3, 0.4) is 0 Å². The Morgan fingerprint density at radius 1 is 1.00 bits per heavy atom. The third-order valence-electron chi connectivity index (χ3n) is 3.60. The fourth-order valence-electron chi connectivity index (χ4n) is 2.34. The smallest absolute Gasteiger partial charge is 0.0642 e. The molecule has 0 atom stereocenters. The fraction of sp³-hybridized carbons (Fsp3) is 0.235. The number of ether oxygens (including phenoxy) is 1. The molecule has 6 heteroatoms. The molecule has 1 N–H and O–H groups in total. The number of halogens is 2. The van der Waals surface area contributed by atoms with Gasteiger partial charge in [-0.2, -0.15) is 5.10 Å². The summed E-state index contributed by atoms with van der Waals surface area (Å²) in [5.74, 6) is 0. The lowest BCUT2D eigenvalue weighted by atomic mass is 10.2. The maximum atomic E-state index is 5.96. The standard InChI is InChI=1S/C17H17Cl2N3O/c18-16-6-3-14(11-17(16)19)21-20-12-13-1-4-15(5-2-13)22-7-9-23-10-8-22/h1-6,11-12,21H,7-10H2. The van der Waals surface area contributed by atoms with Gasteiger partial charge >= 0.3 is 0 Å². The Balaban J connectivity index is 1.60. The van der Waals surface area contributed by atoms with Crippen molar-refractivity contribution in [2.75, 3.05) is 36.6 Å². The van der Waals surface area contributed by atoms with Crippen LogP contribution in [-0.4, -0.2) is 32.5 Å². The average molecular weight is 350 g/mol. The van der Waals surface area contributed by atoms with Gasteiger partial charge in [-0.15, -0.1) is 0 Å². The molecule has 0 unspecified atom stereocenters. The van der Waals surface area contributed by atoms with E-state index in [1.54, 1.807) is 18.3 Å². The first-order chi connectivity index (χ1) is 11.2. The van der Waals surface area contributed by atoms with Crippen LogP contribution in [0, 0.1) is 0 Å². The SMILES string of the molecule is Clc1ccc(NN=Cc2ccc(N3CCOCC3)cc2)cc1Cl. The van der Waals surface area contributed by atoms with E-state index in [4.69, 9.17) is 27.9 Å². The molecule has 23 heavy (non-hydrogen) atoms. The maximum absolute atomic E-state index is 5.96. The predicted molar refractivity (Wildman–Crippen MR) is 97.2 cm³/mol. The molecule has 2 aromatic rings. The molecule has 0 aliphatic carbocycles. The summed E-state index contributed by atoms with van der Waals surface area (Å²) in [5, 5.41) is 5.24. The van der Waals surface area contributed by atoms with Gasteiger partial charge in [-0.1, -0.05) is 35.3 Å². The van der Waals surface area contributed by atoms with Gasteiger partial charge in [0.05, 0.1) is 35.2 Å². The van der Waals surface area contributed by atoms with E-state index >= 15 is 0 Å². The van der Waals surface area contributed by atoms with Gasteiger partial charge in [-0.3, -0.25) is 5.43 Å². The number of morpholine rings is 1. The van der Waals surface area contributed by atoms with Crippen molar-refractivity contribution in [2.45, 2.75) is 0 Å². The molecule has 1 aliphatic rings. The zero-order valence-electron chi connectivity index (χ0n) is 12.5. The number of rotatable bonds is 4. The minimum atomic E-state index is 0.502. The van der Waals surface area contributed by atoms with Crippen LogP contribution in [0.15, 0.2) is 47.6 Å². The largest absolute Gasteiger partial charge is 0.378 e. The zero-order valence-corrected chi connectivity index (χ0v) is 14.0. The van der Waals surface area contributed by atoms with Gasteiger partial charge in [0.2, 0.25) is 0 Å². The van der Waals surface area contributed by atoms with Crippen LogP contribution in [0.1, 0.15) is 5.56 Å². The van der Waals surface area contributed by atoms with E-state index in [-0.39, 0.29) is 0 Å². The summed E-state index contributed by atoms with van der Waals surface area (Å²) in [6, 6.07) is 13.6.